The number of aliphatic hydroxyl groups excluding tert-OH is 1. The summed E-state index contributed by atoms with van der Waals surface area (Å²) in [5, 5.41) is 12.2. The predicted octanol–water partition coefficient (Wildman–Crippen LogP) is 3.00. The van der Waals surface area contributed by atoms with Gasteiger partial charge < -0.3 is 19.3 Å². The number of hydrogen-bond donors (Lipinski definition) is 2. The van der Waals surface area contributed by atoms with Crippen LogP contribution in [0.2, 0.25) is 0 Å². The van der Waals surface area contributed by atoms with Crippen LogP contribution in [0.5, 0.6) is 0 Å². The molecule has 0 fully saturated rings. The molecule has 3 aromatic rings. The molecule has 112 valence electrons. The zero-order chi connectivity index (χ0) is 15.4. The molecule has 2 N–H and O–H groups in total. The van der Waals surface area contributed by atoms with Gasteiger partial charge in [0.2, 0.25) is 0 Å². The van der Waals surface area contributed by atoms with Crippen LogP contribution in [0.4, 0.5) is 0 Å². The molecule has 5 heteroatoms. The fraction of sp³-hybridized carbons (Fsp3) is 0.118. The maximum absolute atomic E-state index is 12.3. The average Bonchev–Trinajstić information content (AvgIpc) is 3.25. The summed E-state index contributed by atoms with van der Waals surface area (Å²) in [6.07, 6.45) is 4.71. The molecular weight excluding hydrogens is 282 g/mol. The highest BCUT2D eigenvalue weighted by Gasteiger charge is 2.17. The lowest BCUT2D eigenvalue weighted by molar-refractivity contribution is 0.0907. The fourth-order valence-electron chi connectivity index (χ4n) is 2.21. The van der Waals surface area contributed by atoms with E-state index in [1.54, 1.807) is 42.9 Å². The number of amides is 1. The monoisotopic (exact) mass is 297 g/mol. The Morgan fingerprint density at radius 1 is 1.14 bits per heavy atom. The van der Waals surface area contributed by atoms with Crippen LogP contribution in [-0.2, 0) is 0 Å². The van der Waals surface area contributed by atoms with Crippen LogP contribution in [0.25, 0.3) is 11.1 Å². The first-order valence-corrected chi connectivity index (χ1v) is 6.85. The van der Waals surface area contributed by atoms with E-state index in [4.69, 9.17) is 8.83 Å². The standard InChI is InChI=1S/C17H15NO4/c19-10-15(16-5-2-7-22-16)18-17(20)13-4-1-3-12(9-13)14-6-8-21-11-14/h1-9,11,15,19H,10H2,(H,18,20). The lowest BCUT2D eigenvalue weighted by Crippen LogP contribution is -2.30. The van der Waals surface area contributed by atoms with Crippen LogP contribution in [0.3, 0.4) is 0 Å². The van der Waals surface area contributed by atoms with Gasteiger partial charge >= 0.3 is 0 Å². The zero-order valence-electron chi connectivity index (χ0n) is 11.7. The summed E-state index contributed by atoms with van der Waals surface area (Å²) >= 11 is 0. The number of aliphatic hydroxyl groups is 1. The topological polar surface area (TPSA) is 75.6 Å². The summed E-state index contributed by atoms with van der Waals surface area (Å²) in [4.78, 5) is 12.3. The lowest BCUT2D eigenvalue weighted by atomic mass is 10.1. The molecule has 0 saturated heterocycles. The molecule has 2 heterocycles. The molecule has 3 rings (SSSR count). The lowest BCUT2D eigenvalue weighted by Gasteiger charge is -2.14. The molecule has 0 radical (unpaired) electrons. The van der Waals surface area contributed by atoms with Gasteiger partial charge in [0, 0.05) is 11.1 Å². The molecule has 2 aromatic heterocycles. The number of rotatable bonds is 5. The van der Waals surface area contributed by atoms with Gasteiger partial charge in [-0.15, -0.1) is 0 Å². The van der Waals surface area contributed by atoms with Crippen LogP contribution < -0.4 is 5.32 Å². The first-order chi connectivity index (χ1) is 10.8. The third kappa shape index (κ3) is 2.94. The first kappa shape index (κ1) is 14.2. The van der Waals surface area contributed by atoms with Gasteiger partial charge in [-0.25, -0.2) is 0 Å². The van der Waals surface area contributed by atoms with Crippen molar-refractivity contribution in [1.29, 1.82) is 0 Å². The van der Waals surface area contributed by atoms with Crippen LogP contribution in [0.1, 0.15) is 22.2 Å². The average molecular weight is 297 g/mol. The van der Waals surface area contributed by atoms with Crippen molar-refractivity contribution in [1.82, 2.24) is 5.32 Å². The molecule has 1 atom stereocenters. The molecular formula is C17H15NO4. The summed E-state index contributed by atoms with van der Waals surface area (Å²) in [6.45, 7) is -0.235. The Morgan fingerprint density at radius 2 is 2.05 bits per heavy atom. The minimum Gasteiger partial charge on any atom is -0.472 e. The van der Waals surface area contributed by atoms with Crippen molar-refractivity contribution in [2.45, 2.75) is 6.04 Å². The van der Waals surface area contributed by atoms with E-state index in [0.717, 1.165) is 11.1 Å². The minimum absolute atomic E-state index is 0.235. The quantitative estimate of drug-likeness (QED) is 0.759. The van der Waals surface area contributed by atoms with Crippen molar-refractivity contribution in [2.75, 3.05) is 6.61 Å². The van der Waals surface area contributed by atoms with Gasteiger partial charge in [-0.05, 0) is 35.9 Å². The number of nitrogens with one attached hydrogen (secondary N) is 1. The Balaban J connectivity index is 1.79. The maximum atomic E-state index is 12.3. The van der Waals surface area contributed by atoms with Gasteiger partial charge in [0.05, 0.1) is 25.4 Å². The van der Waals surface area contributed by atoms with Gasteiger partial charge in [-0.2, -0.15) is 0 Å². The van der Waals surface area contributed by atoms with Crippen LogP contribution >= 0.6 is 0 Å². The van der Waals surface area contributed by atoms with Crippen molar-refractivity contribution in [3.05, 3.63) is 72.6 Å². The van der Waals surface area contributed by atoms with Gasteiger partial charge in [0.1, 0.15) is 11.8 Å². The number of benzene rings is 1. The van der Waals surface area contributed by atoms with E-state index in [9.17, 15) is 9.90 Å². The smallest absolute Gasteiger partial charge is 0.251 e. The fourth-order valence-corrected chi connectivity index (χ4v) is 2.21. The van der Waals surface area contributed by atoms with E-state index in [1.807, 2.05) is 12.1 Å². The van der Waals surface area contributed by atoms with E-state index < -0.39 is 6.04 Å². The highest BCUT2D eigenvalue weighted by Crippen LogP contribution is 2.21. The van der Waals surface area contributed by atoms with Gasteiger partial charge in [-0.3, -0.25) is 4.79 Å². The largest absolute Gasteiger partial charge is 0.472 e. The summed E-state index contributed by atoms with van der Waals surface area (Å²) in [6, 6.07) is 11.9. The molecule has 0 aliphatic rings. The number of carbonyl (C=O) groups is 1. The molecule has 0 spiro atoms. The van der Waals surface area contributed by atoms with Crippen LogP contribution in [-0.4, -0.2) is 17.6 Å². The summed E-state index contributed by atoms with van der Waals surface area (Å²) in [7, 11) is 0. The molecule has 5 nitrogen and oxygen atoms in total. The number of furan rings is 2. The SMILES string of the molecule is O=C(NC(CO)c1ccco1)c1cccc(-c2ccoc2)c1. The Hall–Kier alpha value is -2.79. The van der Waals surface area contributed by atoms with Crippen molar-refractivity contribution in [2.24, 2.45) is 0 Å². The van der Waals surface area contributed by atoms with Crippen LogP contribution in [0, 0.1) is 0 Å². The minimum atomic E-state index is -0.569. The van der Waals surface area contributed by atoms with E-state index in [1.165, 1.54) is 6.26 Å². The normalized spacial score (nSPS) is 12.0. The van der Waals surface area contributed by atoms with Crippen LogP contribution in [0.15, 0.2) is 70.1 Å². The number of carbonyl (C=O) groups excluding carboxylic acids is 1. The summed E-state index contributed by atoms with van der Waals surface area (Å²) in [5.41, 5.74) is 2.29. The second-order valence-electron chi connectivity index (χ2n) is 4.82. The molecule has 22 heavy (non-hydrogen) atoms. The Kier molecular flexibility index (Phi) is 4.07. The number of hydrogen-bond acceptors (Lipinski definition) is 4. The van der Waals surface area contributed by atoms with E-state index in [0.29, 0.717) is 11.3 Å². The van der Waals surface area contributed by atoms with Crippen molar-refractivity contribution in [3.63, 3.8) is 0 Å². The third-order valence-electron chi connectivity index (χ3n) is 3.35. The van der Waals surface area contributed by atoms with Gasteiger partial charge in [-0.1, -0.05) is 12.1 Å². The first-order valence-electron chi connectivity index (χ1n) is 6.85. The zero-order valence-corrected chi connectivity index (χ0v) is 11.7. The van der Waals surface area contributed by atoms with Crippen molar-refractivity contribution in [3.8, 4) is 11.1 Å². The summed E-state index contributed by atoms with van der Waals surface area (Å²) in [5.74, 6) is 0.239. The molecule has 0 aliphatic carbocycles. The molecule has 1 unspecified atom stereocenters. The van der Waals surface area contributed by atoms with E-state index >= 15 is 0 Å². The summed E-state index contributed by atoms with van der Waals surface area (Å²) < 4.78 is 10.3. The molecule has 0 saturated carbocycles. The Bertz CT molecular complexity index is 732. The van der Waals surface area contributed by atoms with Crippen molar-refractivity contribution < 1.29 is 18.7 Å². The maximum Gasteiger partial charge on any atom is 0.251 e. The Morgan fingerprint density at radius 3 is 2.73 bits per heavy atom. The third-order valence-corrected chi connectivity index (χ3v) is 3.35. The highest BCUT2D eigenvalue weighted by molar-refractivity contribution is 5.95. The predicted molar refractivity (Wildman–Crippen MR) is 80.1 cm³/mol. The molecule has 1 amide bonds. The van der Waals surface area contributed by atoms with Gasteiger partial charge in [0.15, 0.2) is 0 Å². The molecule has 0 aliphatic heterocycles. The van der Waals surface area contributed by atoms with Gasteiger partial charge in [0.25, 0.3) is 5.91 Å². The van der Waals surface area contributed by atoms with E-state index in [2.05, 4.69) is 5.32 Å². The van der Waals surface area contributed by atoms with E-state index in [-0.39, 0.29) is 12.5 Å². The van der Waals surface area contributed by atoms with Crippen molar-refractivity contribution >= 4 is 5.91 Å². The second-order valence-corrected chi connectivity index (χ2v) is 4.82. The highest BCUT2D eigenvalue weighted by atomic mass is 16.3. The molecule has 0 bridgehead atoms. The Labute approximate surface area is 127 Å². The molecule has 1 aromatic carbocycles. The second kappa shape index (κ2) is 6.32.